The van der Waals surface area contributed by atoms with Crippen molar-refractivity contribution in [2.45, 2.75) is 32.7 Å². The first kappa shape index (κ1) is 13.1. The number of nitrogens with zero attached hydrogens (tertiary/aromatic N) is 1. The van der Waals surface area contributed by atoms with Crippen LogP contribution in [0.25, 0.3) is 11.1 Å². The average molecular weight is 273 g/mol. The van der Waals surface area contributed by atoms with Gasteiger partial charge in [-0.2, -0.15) is 0 Å². The Kier molecular flexibility index (Phi) is 3.44. The van der Waals surface area contributed by atoms with Gasteiger partial charge in [0, 0.05) is 18.2 Å². The van der Waals surface area contributed by atoms with Crippen LogP contribution in [0, 0.1) is 5.92 Å². The highest BCUT2D eigenvalue weighted by molar-refractivity contribution is 5.94. The van der Waals surface area contributed by atoms with Gasteiger partial charge in [0.1, 0.15) is 5.52 Å². The topological polar surface area (TPSA) is 67.2 Å². The van der Waals surface area contributed by atoms with E-state index < -0.39 is 0 Å². The number of aromatic nitrogens is 1. The third kappa shape index (κ3) is 2.41. The summed E-state index contributed by atoms with van der Waals surface area (Å²) in [5.41, 5.74) is 2.32. The highest BCUT2D eigenvalue weighted by atomic mass is 16.3. The summed E-state index contributed by atoms with van der Waals surface area (Å²) in [6, 6.07) is 5.81. The van der Waals surface area contributed by atoms with Crippen molar-refractivity contribution < 1.29 is 9.21 Å². The summed E-state index contributed by atoms with van der Waals surface area (Å²) >= 11 is 0. The molecule has 1 aromatic heterocycles. The number of oxazole rings is 1. The van der Waals surface area contributed by atoms with Crippen LogP contribution >= 0.6 is 0 Å². The molecule has 2 unspecified atom stereocenters. The lowest BCUT2D eigenvalue weighted by Crippen LogP contribution is -2.32. The molecule has 0 saturated carbocycles. The maximum Gasteiger partial charge on any atom is 0.229 e. The fraction of sp³-hybridized carbons (Fsp3) is 0.467. The summed E-state index contributed by atoms with van der Waals surface area (Å²) in [6.45, 7) is 4.95. The molecule has 2 atom stereocenters. The van der Waals surface area contributed by atoms with Gasteiger partial charge in [-0.15, -0.1) is 0 Å². The summed E-state index contributed by atoms with van der Waals surface area (Å²) in [6.07, 6.45) is 1.65. The SMILES string of the molecule is CCc1nc2cc(NC(=O)C3CCNC3C)ccc2o1. The van der Waals surface area contributed by atoms with Gasteiger partial charge >= 0.3 is 0 Å². The monoisotopic (exact) mass is 273 g/mol. The van der Waals surface area contributed by atoms with Crippen molar-refractivity contribution in [3.05, 3.63) is 24.1 Å². The van der Waals surface area contributed by atoms with Crippen LogP contribution in [0.1, 0.15) is 26.2 Å². The van der Waals surface area contributed by atoms with Crippen LogP contribution in [0.4, 0.5) is 5.69 Å². The van der Waals surface area contributed by atoms with Crippen LogP contribution in [-0.4, -0.2) is 23.5 Å². The van der Waals surface area contributed by atoms with Crippen LogP contribution in [0.5, 0.6) is 0 Å². The zero-order valence-electron chi connectivity index (χ0n) is 11.8. The largest absolute Gasteiger partial charge is 0.441 e. The van der Waals surface area contributed by atoms with Crippen LogP contribution < -0.4 is 10.6 Å². The number of carbonyl (C=O) groups is 1. The third-order valence-electron chi connectivity index (χ3n) is 3.86. The predicted octanol–water partition coefficient (Wildman–Crippen LogP) is 2.33. The molecule has 106 valence electrons. The first-order chi connectivity index (χ1) is 9.67. The van der Waals surface area contributed by atoms with Gasteiger partial charge in [0.2, 0.25) is 5.91 Å². The van der Waals surface area contributed by atoms with Crippen molar-refractivity contribution in [3.8, 4) is 0 Å². The molecule has 1 aliphatic heterocycles. The maximum absolute atomic E-state index is 12.2. The third-order valence-corrected chi connectivity index (χ3v) is 3.86. The van der Waals surface area contributed by atoms with Gasteiger partial charge in [-0.05, 0) is 38.1 Å². The first-order valence-electron chi connectivity index (χ1n) is 7.11. The molecule has 1 saturated heterocycles. The fourth-order valence-electron chi connectivity index (χ4n) is 2.66. The smallest absolute Gasteiger partial charge is 0.229 e. The number of fused-ring (bicyclic) bond motifs is 1. The van der Waals surface area contributed by atoms with Crippen LogP contribution in [0.3, 0.4) is 0 Å². The van der Waals surface area contributed by atoms with Gasteiger partial charge in [0.25, 0.3) is 0 Å². The molecule has 0 spiro atoms. The molecule has 0 radical (unpaired) electrons. The molecule has 2 aromatic rings. The van der Waals surface area contributed by atoms with Crippen LogP contribution in [-0.2, 0) is 11.2 Å². The minimum atomic E-state index is 0.0363. The van der Waals surface area contributed by atoms with E-state index in [-0.39, 0.29) is 17.9 Å². The van der Waals surface area contributed by atoms with Crippen molar-refractivity contribution in [3.63, 3.8) is 0 Å². The number of amides is 1. The molecular weight excluding hydrogens is 254 g/mol. The normalized spacial score (nSPS) is 22.3. The lowest BCUT2D eigenvalue weighted by molar-refractivity contribution is -0.119. The van der Waals surface area contributed by atoms with Gasteiger partial charge in [0.05, 0.1) is 5.92 Å². The summed E-state index contributed by atoms with van der Waals surface area (Å²) in [7, 11) is 0. The van der Waals surface area contributed by atoms with E-state index in [9.17, 15) is 4.79 Å². The molecule has 1 amide bonds. The van der Waals surface area contributed by atoms with Gasteiger partial charge in [-0.25, -0.2) is 4.98 Å². The molecule has 0 bridgehead atoms. The molecule has 1 fully saturated rings. The van der Waals surface area contributed by atoms with Crippen molar-refractivity contribution >= 4 is 22.7 Å². The molecule has 3 rings (SSSR count). The van der Waals surface area contributed by atoms with Gasteiger partial charge < -0.3 is 15.1 Å². The minimum Gasteiger partial charge on any atom is -0.441 e. The molecular formula is C15H19N3O2. The van der Waals surface area contributed by atoms with Gasteiger partial charge in [-0.3, -0.25) is 4.79 Å². The van der Waals surface area contributed by atoms with Crippen molar-refractivity contribution in [2.24, 2.45) is 5.92 Å². The number of aryl methyl sites for hydroxylation is 1. The average Bonchev–Trinajstić information content (AvgIpc) is 3.03. The number of benzene rings is 1. The molecule has 5 nitrogen and oxygen atoms in total. The number of carbonyl (C=O) groups excluding carboxylic acids is 1. The van der Waals surface area contributed by atoms with Crippen molar-refractivity contribution in [1.29, 1.82) is 0 Å². The lowest BCUT2D eigenvalue weighted by Gasteiger charge is -2.14. The number of anilines is 1. The number of hydrogen-bond donors (Lipinski definition) is 2. The molecule has 1 aliphatic rings. The van der Waals surface area contributed by atoms with E-state index >= 15 is 0 Å². The Morgan fingerprint density at radius 2 is 2.40 bits per heavy atom. The molecule has 2 heterocycles. The van der Waals surface area contributed by atoms with E-state index in [1.807, 2.05) is 32.0 Å². The molecule has 2 N–H and O–H groups in total. The zero-order valence-corrected chi connectivity index (χ0v) is 11.8. The number of rotatable bonds is 3. The summed E-state index contributed by atoms with van der Waals surface area (Å²) < 4.78 is 5.56. The quantitative estimate of drug-likeness (QED) is 0.900. The lowest BCUT2D eigenvalue weighted by atomic mass is 10.0. The van der Waals surface area contributed by atoms with Crippen LogP contribution in [0.2, 0.25) is 0 Å². The van der Waals surface area contributed by atoms with Gasteiger partial charge in [-0.1, -0.05) is 6.92 Å². The van der Waals surface area contributed by atoms with E-state index in [1.165, 1.54) is 0 Å². The van der Waals surface area contributed by atoms with E-state index in [0.29, 0.717) is 0 Å². The number of nitrogens with one attached hydrogen (secondary N) is 2. The first-order valence-corrected chi connectivity index (χ1v) is 7.11. The van der Waals surface area contributed by atoms with E-state index in [0.717, 1.165) is 42.1 Å². The second-order valence-electron chi connectivity index (χ2n) is 5.27. The second kappa shape index (κ2) is 5.25. The Balaban J connectivity index is 1.78. The van der Waals surface area contributed by atoms with E-state index in [1.54, 1.807) is 0 Å². The van der Waals surface area contributed by atoms with Crippen LogP contribution in [0.15, 0.2) is 22.6 Å². The van der Waals surface area contributed by atoms with Gasteiger partial charge in [0.15, 0.2) is 11.5 Å². The van der Waals surface area contributed by atoms with E-state index in [4.69, 9.17) is 4.42 Å². The molecule has 1 aromatic carbocycles. The Bertz CT molecular complexity index is 635. The standard InChI is InChI=1S/C15H19N3O2/c1-3-14-18-12-8-10(4-5-13(12)20-14)17-15(19)11-6-7-16-9(11)2/h4-5,8-9,11,16H,3,6-7H2,1-2H3,(H,17,19). The fourth-order valence-corrected chi connectivity index (χ4v) is 2.66. The second-order valence-corrected chi connectivity index (χ2v) is 5.27. The zero-order chi connectivity index (χ0) is 14.1. The number of hydrogen-bond acceptors (Lipinski definition) is 4. The molecule has 20 heavy (non-hydrogen) atoms. The Labute approximate surface area is 117 Å². The Morgan fingerprint density at radius 3 is 3.10 bits per heavy atom. The highest BCUT2D eigenvalue weighted by Gasteiger charge is 2.29. The summed E-state index contributed by atoms with van der Waals surface area (Å²) in [4.78, 5) is 16.6. The summed E-state index contributed by atoms with van der Waals surface area (Å²) in [5, 5.41) is 6.26. The predicted molar refractivity (Wildman–Crippen MR) is 77.6 cm³/mol. The molecule has 5 heteroatoms. The van der Waals surface area contributed by atoms with E-state index in [2.05, 4.69) is 15.6 Å². The minimum absolute atomic E-state index is 0.0363. The van der Waals surface area contributed by atoms with Crippen molar-refractivity contribution in [1.82, 2.24) is 10.3 Å². The Hall–Kier alpha value is -1.88. The highest BCUT2D eigenvalue weighted by Crippen LogP contribution is 2.22. The Morgan fingerprint density at radius 1 is 1.55 bits per heavy atom. The molecule has 0 aliphatic carbocycles. The maximum atomic E-state index is 12.2. The van der Waals surface area contributed by atoms with Crippen molar-refractivity contribution in [2.75, 3.05) is 11.9 Å². The summed E-state index contributed by atoms with van der Waals surface area (Å²) in [5.74, 6) is 0.826.